The summed E-state index contributed by atoms with van der Waals surface area (Å²) in [4.78, 5) is 41.5. The molecule has 0 unspecified atom stereocenters. The number of aryl methyl sites for hydroxylation is 1. The highest BCUT2D eigenvalue weighted by atomic mass is 16.5. The number of carbonyl (C=O) groups excluding carboxylic acids is 3. The number of amides is 2. The van der Waals surface area contributed by atoms with E-state index in [4.69, 9.17) is 4.74 Å². The largest absolute Gasteiger partial charge is 0.465 e. The first-order valence-electron chi connectivity index (χ1n) is 9.42. The van der Waals surface area contributed by atoms with Gasteiger partial charge in [0.15, 0.2) is 0 Å². The Morgan fingerprint density at radius 1 is 1.32 bits per heavy atom. The number of esters is 1. The summed E-state index contributed by atoms with van der Waals surface area (Å²) in [6, 6.07) is 7.45. The van der Waals surface area contributed by atoms with Crippen molar-refractivity contribution in [2.24, 2.45) is 0 Å². The summed E-state index contributed by atoms with van der Waals surface area (Å²) in [6.07, 6.45) is 2.08. The van der Waals surface area contributed by atoms with Crippen LogP contribution < -0.4 is 5.32 Å². The number of benzene rings is 1. The van der Waals surface area contributed by atoms with Gasteiger partial charge in [0.2, 0.25) is 5.91 Å². The second-order valence-corrected chi connectivity index (χ2v) is 6.90. The molecule has 1 saturated heterocycles. The highest BCUT2D eigenvalue weighted by molar-refractivity contribution is 6.06. The third-order valence-corrected chi connectivity index (χ3v) is 5.03. The van der Waals surface area contributed by atoms with E-state index in [-0.39, 0.29) is 11.8 Å². The number of aromatic nitrogens is 1. The van der Waals surface area contributed by atoms with Crippen molar-refractivity contribution in [3.05, 3.63) is 52.3 Å². The molecular weight excluding hydrogens is 358 g/mol. The summed E-state index contributed by atoms with van der Waals surface area (Å²) in [6.45, 7) is 4.94. The highest BCUT2D eigenvalue weighted by Gasteiger charge is 2.24. The van der Waals surface area contributed by atoms with Crippen LogP contribution in [0, 0.1) is 6.92 Å². The highest BCUT2D eigenvalue weighted by Crippen LogP contribution is 2.22. The molecule has 0 bridgehead atoms. The van der Waals surface area contributed by atoms with Crippen LogP contribution in [-0.2, 0) is 22.5 Å². The minimum Gasteiger partial charge on any atom is -0.465 e. The second kappa shape index (κ2) is 8.29. The number of anilines is 1. The average molecular weight is 383 g/mol. The van der Waals surface area contributed by atoms with Gasteiger partial charge in [-0.2, -0.15) is 0 Å². The van der Waals surface area contributed by atoms with E-state index in [0.29, 0.717) is 47.6 Å². The molecule has 1 aromatic carbocycles. The van der Waals surface area contributed by atoms with Gasteiger partial charge in [0, 0.05) is 30.9 Å². The lowest BCUT2D eigenvalue weighted by molar-refractivity contribution is -0.128. The zero-order valence-corrected chi connectivity index (χ0v) is 16.4. The van der Waals surface area contributed by atoms with Gasteiger partial charge in [-0.05, 0) is 43.0 Å². The standard InChI is InChI=1S/C21H25N3O4/c1-4-16-18(21(27)28-3)13(2)19(23-16)20(26)22-15-8-5-7-14(11-15)12-24-10-6-9-17(24)25/h5,7-8,11,23H,4,6,9-10,12H2,1-3H3,(H,22,26). The van der Waals surface area contributed by atoms with Crippen LogP contribution >= 0.6 is 0 Å². The number of hydrogen-bond acceptors (Lipinski definition) is 4. The van der Waals surface area contributed by atoms with Gasteiger partial charge < -0.3 is 19.9 Å². The van der Waals surface area contributed by atoms with Crippen molar-refractivity contribution < 1.29 is 19.1 Å². The Hall–Kier alpha value is -3.09. The molecule has 7 nitrogen and oxygen atoms in total. The zero-order valence-electron chi connectivity index (χ0n) is 16.4. The number of rotatable bonds is 6. The molecule has 28 heavy (non-hydrogen) atoms. The molecule has 2 aromatic rings. The normalized spacial score (nSPS) is 13.7. The molecule has 0 spiro atoms. The van der Waals surface area contributed by atoms with Gasteiger partial charge >= 0.3 is 5.97 Å². The number of carbonyl (C=O) groups is 3. The summed E-state index contributed by atoms with van der Waals surface area (Å²) in [5.74, 6) is -0.613. The predicted octanol–water partition coefficient (Wildman–Crippen LogP) is 3.05. The first kappa shape index (κ1) is 19.7. The molecule has 0 saturated carbocycles. The van der Waals surface area contributed by atoms with Gasteiger partial charge in [-0.3, -0.25) is 9.59 Å². The van der Waals surface area contributed by atoms with E-state index in [1.54, 1.807) is 13.0 Å². The lowest BCUT2D eigenvalue weighted by atomic mass is 10.1. The molecule has 3 rings (SSSR count). The average Bonchev–Trinajstić information content (AvgIpc) is 3.24. The van der Waals surface area contributed by atoms with Crippen LogP contribution in [0.2, 0.25) is 0 Å². The van der Waals surface area contributed by atoms with Crippen LogP contribution in [0.4, 0.5) is 5.69 Å². The number of aromatic amines is 1. The summed E-state index contributed by atoms with van der Waals surface area (Å²) < 4.78 is 4.84. The predicted molar refractivity (Wildman–Crippen MR) is 105 cm³/mol. The molecule has 7 heteroatoms. The van der Waals surface area contributed by atoms with E-state index in [1.165, 1.54) is 7.11 Å². The molecule has 2 heterocycles. The van der Waals surface area contributed by atoms with Crippen molar-refractivity contribution in [1.82, 2.24) is 9.88 Å². The molecular formula is C21H25N3O4. The molecule has 0 aliphatic carbocycles. The van der Waals surface area contributed by atoms with E-state index in [1.807, 2.05) is 30.0 Å². The molecule has 2 N–H and O–H groups in total. The Balaban J connectivity index is 1.78. The zero-order chi connectivity index (χ0) is 20.3. The Bertz CT molecular complexity index is 916. The second-order valence-electron chi connectivity index (χ2n) is 6.90. The van der Waals surface area contributed by atoms with Crippen molar-refractivity contribution in [1.29, 1.82) is 0 Å². The third-order valence-electron chi connectivity index (χ3n) is 5.03. The SMILES string of the molecule is CCc1[nH]c(C(=O)Nc2cccc(CN3CCCC3=O)c2)c(C)c1C(=O)OC. The van der Waals surface area contributed by atoms with E-state index < -0.39 is 5.97 Å². The lowest BCUT2D eigenvalue weighted by Crippen LogP contribution is -2.23. The number of likely N-dealkylation sites (tertiary alicyclic amines) is 1. The Morgan fingerprint density at radius 3 is 2.75 bits per heavy atom. The van der Waals surface area contributed by atoms with E-state index >= 15 is 0 Å². The van der Waals surface area contributed by atoms with Crippen LogP contribution in [0.25, 0.3) is 0 Å². The van der Waals surface area contributed by atoms with E-state index in [2.05, 4.69) is 10.3 Å². The number of methoxy groups -OCH3 is 1. The van der Waals surface area contributed by atoms with E-state index in [0.717, 1.165) is 18.5 Å². The Morgan fingerprint density at radius 2 is 2.11 bits per heavy atom. The van der Waals surface area contributed by atoms with Crippen LogP contribution in [0.5, 0.6) is 0 Å². The summed E-state index contributed by atoms with van der Waals surface area (Å²) in [7, 11) is 1.32. The summed E-state index contributed by atoms with van der Waals surface area (Å²) >= 11 is 0. The van der Waals surface area contributed by atoms with E-state index in [9.17, 15) is 14.4 Å². The number of H-pyrrole nitrogens is 1. The smallest absolute Gasteiger partial charge is 0.339 e. The minimum absolute atomic E-state index is 0.166. The van der Waals surface area contributed by atoms with Crippen molar-refractivity contribution in [3.8, 4) is 0 Å². The first-order valence-corrected chi connectivity index (χ1v) is 9.42. The molecule has 1 aromatic heterocycles. The van der Waals surface area contributed by atoms with Crippen molar-refractivity contribution in [3.63, 3.8) is 0 Å². The summed E-state index contributed by atoms with van der Waals surface area (Å²) in [5.41, 5.74) is 3.60. The Kier molecular flexibility index (Phi) is 5.82. The molecule has 0 atom stereocenters. The van der Waals surface area contributed by atoms with Crippen LogP contribution in [-0.4, -0.2) is 41.3 Å². The fourth-order valence-corrected chi connectivity index (χ4v) is 3.56. The van der Waals surface area contributed by atoms with Gasteiger partial charge in [-0.1, -0.05) is 19.1 Å². The number of ether oxygens (including phenoxy) is 1. The first-order chi connectivity index (χ1) is 13.4. The molecule has 148 valence electrons. The van der Waals surface area contributed by atoms with Crippen molar-refractivity contribution >= 4 is 23.5 Å². The maximum atomic E-state index is 12.8. The maximum absolute atomic E-state index is 12.8. The monoisotopic (exact) mass is 383 g/mol. The molecule has 0 radical (unpaired) electrons. The van der Waals surface area contributed by atoms with Gasteiger partial charge in [-0.15, -0.1) is 0 Å². The van der Waals surface area contributed by atoms with Gasteiger partial charge in [0.05, 0.1) is 12.7 Å². The quantitative estimate of drug-likeness (QED) is 0.750. The molecule has 1 aliphatic rings. The minimum atomic E-state index is -0.457. The topological polar surface area (TPSA) is 91.5 Å². The van der Waals surface area contributed by atoms with Gasteiger partial charge in [0.1, 0.15) is 5.69 Å². The summed E-state index contributed by atoms with van der Waals surface area (Å²) in [5, 5.41) is 2.87. The van der Waals surface area contributed by atoms with Gasteiger partial charge in [0.25, 0.3) is 5.91 Å². The number of nitrogens with zero attached hydrogens (tertiary/aromatic N) is 1. The van der Waals surface area contributed by atoms with Crippen molar-refractivity contribution in [2.45, 2.75) is 39.7 Å². The third kappa shape index (κ3) is 3.93. The molecule has 1 fully saturated rings. The number of hydrogen-bond donors (Lipinski definition) is 2. The van der Waals surface area contributed by atoms with Crippen LogP contribution in [0.1, 0.15) is 57.4 Å². The van der Waals surface area contributed by atoms with Crippen LogP contribution in [0.15, 0.2) is 24.3 Å². The fourth-order valence-electron chi connectivity index (χ4n) is 3.56. The molecule has 1 aliphatic heterocycles. The Labute approximate surface area is 164 Å². The van der Waals surface area contributed by atoms with Gasteiger partial charge in [-0.25, -0.2) is 4.79 Å². The fraction of sp³-hybridized carbons (Fsp3) is 0.381. The molecule has 2 amide bonds. The van der Waals surface area contributed by atoms with Crippen LogP contribution in [0.3, 0.4) is 0 Å². The van der Waals surface area contributed by atoms with Crippen molar-refractivity contribution in [2.75, 3.05) is 19.0 Å². The maximum Gasteiger partial charge on any atom is 0.339 e. The number of nitrogens with one attached hydrogen (secondary N) is 2. The lowest BCUT2D eigenvalue weighted by Gasteiger charge is -2.16.